The summed E-state index contributed by atoms with van der Waals surface area (Å²) in [6.07, 6.45) is 3.44. The average Bonchev–Trinajstić information content (AvgIpc) is 2.51. The second kappa shape index (κ2) is 3.26. The van der Waals surface area contributed by atoms with E-state index in [2.05, 4.69) is 9.97 Å². The number of pyridine rings is 1. The molecule has 2 heterocycles. The van der Waals surface area contributed by atoms with Crippen molar-refractivity contribution in [3.05, 3.63) is 23.5 Å². The number of nitrogens with zero attached hydrogens (tertiary/aromatic N) is 1. The van der Waals surface area contributed by atoms with E-state index in [1.165, 1.54) is 0 Å². The van der Waals surface area contributed by atoms with Crippen LogP contribution in [-0.2, 0) is 0 Å². The van der Waals surface area contributed by atoms with Crippen LogP contribution < -0.4 is 4.74 Å². The van der Waals surface area contributed by atoms with Crippen molar-refractivity contribution in [3.63, 3.8) is 0 Å². The third kappa shape index (κ3) is 1.35. The van der Waals surface area contributed by atoms with Gasteiger partial charge in [0, 0.05) is 12.4 Å². The molecule has 3 nitrogen and oxygen atoms in total. The van der Waals surface area contributed by atoms with Gasteiger partial charge in [-0.3, -0.25) is 4.98 Å². The Balaban J connectivity index is 2.61. The fourth-order valence-corrected chi connectivity index (χ4v) is 1.43. The number of aromatic nitrogens is 2. The summed E-state index contributed by atoms with van der Waals surface area (Å²) >= 11 is 5.94. The van der Waals surface area contributed by atoms with Crippen molar-refractivity contribution in [2.75, 3.05) is 6.61 Å². The number of ether oxygens (including phenoxy) is 1. The van der Waals surface area contributed by atoms with Crippen molar-refractivity contribution >= 4 is 22.6 Å². The summed E-state index contributed by atoms with van der Waals surface area (Å²) in [6, 6.07) is 1.75. The predicted octanol–water partition coefficient (Wildman–Crippen LogP) is 2.62. The Kier molecular flexibility index (Phi) is 2.10. The van der Waals surface area contributed by atoms with Crippen LogP contribution in [-0.4, -0.2) is 16.6 Å². The fraction of sp³-hybridized carbons (Fsp3) is 0.222. The first-order chi connectivity index (χ1) is 6.33. The number of nitrogens with one attached hydrogen (secondary N) is 1. The Morgan fingerprint density at radius 2 is 2.46 bits per heavy atom. The Hall–Kier alpha value is -1.22. The lowest BCUT2D eigenvalue weighted by molar-refractivity contribution is 0.343. The molecule has 0 aromatic carbocycles. The predicted molar refractivity (Wildman–Crippen MR) is 52.3 cm³/mol. The molecule has 0 bridgehead atoms. The highest BCUT2D eigenvalue weighted by Gasteiger charge is 2.07. The summed E-state index contributed by atoms with van der Waals surface area (Å²) in [7, 11) is 0. The van der Waals surface area contributed by atoms with E-state index in [9.17, 15) is 0 Å². The topological polar surface area (TPSA) is 37.9 Å². The smallest absolute Gasteiger partial charge is 0.163 e. The zero-order valence-electron chi connectivity index (χ0n) is 7.17. The molecule has 0 spiro atoms. The standard InChI is InChI=1S/C9H9ClN2O/c1-2-13-7-5-12-8-6(10)3-4-11-9(7)8/h3-5,12H,2H2,1H3. The Labute approximate surface area is 80.7 Å². The molecule has 0 aliphatic carbocycles. The van der Waals surface area contributed by atoms with Crippen LogP contribution in [0.15, 0.2) is 18.5 Å². The molecule has 0 saturated carbocycles. The maximum atomic E-state index is 5.94. The Bertz CT molecular complexity index is 424. The van der Waals surface area contributed by atoms with Crippen LogP contribution in [0, 0.1) is 0 Å². The van der Waals surface area contributed by atoms with Gasteiger partial charge < -0.3 is 9.72 Å². The monoisotopic (exact) mass is 196 g/mol. The maximum absolute atomic E-state index is 5.94. The van der Waals surface area contributed by atoms with E-state index < -0.39 is 0 Å². The molecule has 0 aliphatic heterocycles. The van der Waals surface area contributed by atoms with Gasteiger partial charge >= 0.3 is 0 Å². The van der Waals surface area contributed by atoms with Crippen molar-refractivity contribution in [3.8, 4) is 5.75 Å². The van der Waals surface area contributed by atoms with Crippen molar-refractivity contribution in [2.24, 2.45) is 0 Å². The second-order valence-corrected chi connectivity index (χ2v) is 3.01. The van der Waals surface area contributed by atoms with E-state index in [1.807, 2.05) is 6.92 Å². The fourth-order valence-electron chi connectivity index (χ4n) is 1.23. The van der Waals surface area contributed by atoms with Gasteiger partial charge in [0.1, 0.15) is 5.52 Å². The first-order valence-corrected chi connectivity index (χ1v) is 4.45. The summed E-state index contributed by atoms with van der Waals surface area (Å²) in [5.41, 5.74) is 1.61. The molecule has 0 saturated heterocycles. The summed E-state index contributed by atoms with van der Waals surface area (Å²) in [4.78, 5) is 7.20. The molecular formula is C9H9ClN2O. The number of aromatic amines is 1. The van der Waals surface area contributed by atoms with Crippen LogP contribution in [0.5, 0.6) is 5.75 Å². The number of hydrogen-bond acceptors (Lipinski definition) is 2. The first kappa shape index (κ1) is 8.38. The molecule has 2 aromatic rings. The molecule has 0 radical (unpaired) electrons. The SMILES string of the molecule is CCOc1c[nH]c2c(Cl)ccnc12. The van der Waals surface area contributed by atoms with Crippen LogP contribution in [0.3, 0.4) is 0 Å². The lowest BCUT2D eigenvalue weighted by Crippen LogP contribution is -1.90. The highest BCUT2D eigenvalue weighted by molar-refractivity contribution is 6.35. The van der Waals surface area contributed by atoms with Crippen LogP contribution in [0.2, 0.25) is 5.02 Å². The number of hydrogen-bond donors (Lipinski definition) is 1. The molecule has 2 aromatic heterocycles. The molecule has 0 aliphatic rings. The summed E-state index contributed by atoms with van der Waals surface area (Å²) in [6.45, 7) is 2.56. The molecule has 0 fully saturated rings. The van der Waals surface area contributed by atoms with E-state index in [0.29, 0.717) is 11.6 Å². The minimum Gasteiger partial charge on any atom is -0.490 e. The van der Waals surface area contributed by atoms with Crippen molar-refractivity contribution in [1.29, 1.82) is 0 Å². The summed E-state index contributed by atoms with van der Waals surface area (Å²) < 4.78 is 5.36. The van der Waals surface area contributed by atoms with E-state index >= 15 is 0 Å². The van der Waals surface area contributed by atoms with Gasteiger partial charge in [0.2, 0.25) is 0 Å². The van der Waals surface area contributed by atoms with E-state index in [4.69, 9.17) is 16.3 Å². The van der Waals surface area contributed by atoms with Crippen LogP contribution in [0.1, 0.15) is 6.92 Å². The molecule has 0 atom stereocenters. The van der Waals surface area contributed by atoms with Crippen molar-refractivity contribution < 1.29 is 4.74 Å². The lowest BCUT2D eigenvalue weighted by Gasteiger charge is -1.98. The number of halogens is 1. The third-order valence-corrected chi connectivity index (χ3v) is 2.10. The van der Waals surface area contributed by atoms with Gasteiger partial charge in [-0.25, -0.2) is 0 Å². The molecule has 0 amide bonds. The van der Waals surface area contributed by atoms with Crippen molar-refractivity contribution in [1.82, 2.24) is 9.97 Å². The van der Waals surface area contributed by atoms with E-state index in [1.54, 1.807) is 18.5 Å². The molecule has 0 unspecified atom stereocenters. The summed E-state index contributed by atoms with van der Waals surface area (Å²) in [5.74, 6) is 0.750. The Morgan fingerprint density at radius 1 is 1.62 bits per heavy atom. The Morgan fingerprint density at radius 3 is 3.23 bits per heavy atom. The van der Waals surface area contributed by atoms with Gasteiger partial charge in [-0.05, 0) is 13.0 Å². The molecule has 2 rings (SSSR count). The highest BCUT2D eigenvalue weighted by Crippen LogP contribution is 2.27. The number of H-pyrrole nitrogens is 1. The van der Waals surface area contributed by atoms with E-state index in [-0.39, 0.29) is 0 Å². The lowest BCUT2D eigenvalue weighted by atomic mass is 10.4. The van der Waals surface area contributed by atoms with Crippen molar-refractivity contribution in [2.45, 2.75) is 6.92 Å². The quantitative estimate of drug-likeness (QED) is 0.802. The van der Waals surface area contributed by atoms with Crippen LogP contribution in [0.25, 0.3) is 11.0 Å². The van der Waals surface area contributed by atoms with Gasteiger partial charge in [0.25, 0.3) is 0 Å². The molecule has 1 N–H and O–H groups in total. The largest absolute Gasteiger partial charge is 0.490 e. The summed E-state index contributed by atoms with van der Waals surface area (Å²) in [5, 5.41) is 0.663. The van der Waals surface area contributed by atoms with Gasteiger partial charge in [-0.2, -0.15) is 0 Å². The minimum absolute atomic E-state index is 0.626. The molecule has 4 heteroatoms. The van der Waals surface area contributed by atoms with Gasteiger partial charge in [0.15, 0.2) is 5.75 Å². The van der Waals surface area contributed by atoms with Gasteiger partial charge in [-0.1, -0.05) is 11.6 Å². The first-order valence-electron chi connectivity index (χ1n) is 4.07. The maximum Gasteiger partial charge on any atom is 0.163 e. The number of rotatable bonds is 2. The average molecular weight is 197 g/mol. The highest BCUT2D eigenvalue weighted by atomic mass is 35.5. The zero-order chi connectivity index (χ0) is 9.26. The van der Waals surface area contributed by atoms with Crippen LogP contribution >= 0.6 is 11.6 Å². The molecular weight excluding hydrogens is 188 g/mol. The third-order valence-electron chi connectivity index (χ3n) is 1.78. The normalized spacial score (nSPS) is 10.6. The van der Waals surface area contributed by atoms with Gasteiger partial charge in [-0.15, -0.1) is 0 Å². The van der Waals surface area contributed by atoms with Crippen LogP contribution in [0.4, 0.5) is 0 Å². The minimum atomic E-state index is 0.626. The zero-order valence-corrected chi connectivity index (χ0v) is 7.93. The number of fused-ring (bicyclic) bond motifs is 1. The second-order valence-electron chi connectivity index (χ2n) is 2.60. The van der Waals surface area contributed by atoms with E-state index in [0.717, 1.165) is 16.8 Å². The van der Waals surface area contributed by atoms with Gasteiger partial charge in [0.05, 0.1) is 17.1 Å². The molecule has 13 heavy (non-hydrogen) atoms. The molecule has 68 valence electrons.